The number of amides is 1. The van der Waals surface area contributed by atoms with E-state index in [-0.39, 0.29) is 17.0 Å². The minimum Gasteiger partial charge on any atom is -0.394 e. The molecule has 1 aliphatic heterocycles. The molecule has 3 N–H and O–H groups in total. The molecule has 3 aromatic rings. The number of carbonyl (C=O) groups is 1. The van der Waals surface area contributed by atoms with Gasteiger partial charge < -0.3 is 20.3 Å². The number of aliphatic hydroxyl groups is 2. The van der Waals surface area contributed by atoms with Crippen molar-refractivity contribution in [1.29, 1.82) is 0 Å². The zero-order valence-corrected chi connectivity index (χ0v) is 15.6. The molecule has 1 unspecified atom stereocenters. The Morgan fingerprint density at radius 2 is 1.97 bits per heavy atom. The maximum Gasteiger partial charge on any atom is 0.523 e. The van der Waals surface area contributed by atoms with Crippen LogP contribution in [-0.4, -0.2) is 66.9 Å². The highest BCUT2D eigenvalue weighted by molar-refractivity contribution is 6.06. The molecule has 0 aliphatic carbocycles. The first-order chi connectivity index (χ1) is 14.8. The van der Waals surface area contributed by atoms with Crippen molar-refractivity contribution in [1.82, 2.24) is 19.5 Å². The Bertz CT molecular complexity index is 1080. The molecule has 10 nitrogen and oxygen atoms in total. The van der Waals surface area contributed by atoms with Crippen molar-refractivity contribution in [2.45, 2.75) is 30.9 Å². The number of fused-ring (bicyclic) bond motifs is 1. The van der Waals surface area contributed by atoms with E-state index in [0.29, 0.717) is 5.56 Å². The molecule has 0 bridgehead atoms. The number of ether oxygens (including phenoxy) is 2. The Balaban J connectivity index is 1.67. The Morgan fingerprint density at radius 3 is 2.65 bits per heavy atom. The Morgan fingerprint density at radius 1 is 1.23 bits per heavy atom. The van der Waals surface area contributed by atoms with Gasteiger partial charge in [-0.2, -0.15) is 0 Å². The number of hydrogen-bond donors (Lipinski definition) is 3. The summed E-state index contributed by atoms with van der Waals surface area (Å²) in [5.41, 5.74) is 0.480. The van der Waals surface area contributed by atoms with Crippen LogP contribution in [0.3, 0.4) is 0 Å². The van der Waals surface area contributed by atoms with Crippen molar-refractivity contribution < 1.29 is 37.7 Å². The number of carbonyl (C=O) groups excluding carboxylic acids is 1. The van der Waals surface area contributed by atoms with E-state index in [4.69, 9.17) is 4.74 Å². The number of aliphatic hydroxyl groups excluding tert-OH is 2. The van der Waals surface area contributed by atoms with Gasteiger partial charge in [-0.1, -0.05) is 18.2 Å². The van der Waals surface area contributed by atoms with Crippen molar-refractivity contribution in [3.8, 4) is 0 Å². The number of imidazole rings is 1. The fourth-order valence-electron chi connectivity index (χ4n) is 3.27. The molecule has 3 heterocycles. The molecule has 1 fully saturated rings. The molecule has 31 heavy (non-hydrogen) atoms. The minimum absolute atomic E-state index is 0.0307. The lowest BCUT2D eigenvalue weighted by atomic mass is 10.1. The molecule has 164 valence electrons. The van der Waals surface area contributed by atoms with Crippen molar-refractivity contribution in [3.05, 3.63) is 48.5 Å². The third-order valence-electron chi connectivity index (χ3n) is 4.66. The summed E-state index contributed by atoms with van der Waals surface area (Å²) in [7, 11) is 0. The molecule has 4 atom stereocenters. The third-order valence-corrected chi connectivity index (χ3v) is 4.66. The summed E-state index contributed by atoms with van der Waals surface area (Å²) in [4.78, 5) is 24.5. The molecule has 1 aliphatic rings. The topological polar surface area (TPSA) is 132 Å². The average molecular weight is 439 g/mol. The van der Waals surface area contributed by atoms with Crippen LogP contribution < -0.4 is 5.32 Å². The maximum absolute atomic E-state index is 12.9. The van der Waals surface area contributed by atoms with Gasteiger partial charge in [0, 0.05) is 5.56 Å². The zero-order chi connectivity index (χ0) is 22.2. The molecule has 1 saturated heterocycles. The maximum atomic E-state index is 12.9. The molecular weight excluding hydrogens is 423 g/mol. The van der Waals surface area contributed by atoms with Gasteiger partial charge >= 0.3 is 6.36 Å². The van der Waals surface area contributed by atoms with Gasteiger partial charge in [-0.3, -0.25) is 14.1 Å². The molecule has 0 spiro atoms. The van der Waals surface area contributed by atoms with Crippen LogP contribution >= 0.6 is 0 Å². The molecule has 1 amide bonds. The summed E-state index contributed by atoms with van der Waals surface area (Å²) in [6, 6.07) is 8.29. The second-order valence-electron chi connectivity index (χ2n) is 6.63. The fraction of sp³-hybridized carbons (Fsp3) is 0.333. The predicted octanol–water partition coefficient (Wildman–Crippen LogP) is 1.23. The van der Waals surface area contributed by atoms with Crippen LogP contribution in [0, 0.1) is 0 Å². The van der Waals surface area contributed by atoms with Gasteiger partial charge in [0.1, 0.15) is 24.6 Å². The van der Waals surface area contributed by atoms with Crippen LogP contribution in [0.15, 0.2) is 43.0 Å². The van der Waals surface area contributed by atoms with E-state index in [2.05, 4.69) is 25.0 Å². The van der Waals surface area contributed by atoms with E-state index in [9.17, 15) is 28.2 Å². The molecule has 2 aromatic heterocycles. The summed E-state index contributed by atoms with van der Waals surface area (Å²) in [6.07, 6.45) is -9.28. The second kappa shape index (κ2) is 8.19. The first-order valence-corrected chi connectivity index (χ1v) is 9.01. The quantitative estimate of drug-likeness (QED) is 0.541. The second-order valence-corrected chi connectivity index (χ2v) is 6.63. The molecule has 4 rings (SSSR count). The number of rotatable bonds is 5. The molecule has 13 heteroatoms. The third kappa shape index (κ3) is 4.20. The summed E-state index contributed by atoms with van der Waals surface area (Å²) in [6.45, 7) is -0.727. The summed E-state index contributed by atoms with van der Waals surface area (Å²) < 4.78 is 49.1. The van der Waals surface area contributed by atoms with E-state index in [1.54, 1.807) is 30.3 Å². The Hall–Kier alpha value is -3.13. The van der Waals surface area contributed by atoms with E-state index >= 15 is 0 Å². The monoisotopic (exact) mass is 439 g/mol. The predicted molar refractivity (Wildman–Crippen MR) is 97.6 cm³/mol. The normalized spacial score (nSPS) is 23.9. The van der Waals surface area contributed by atoms with Crippen LogP contribution in [-0.2, 0) is 9.47 Å². The van der Waals surface area contributed by atoms with Crippen LogP contribution in [0.1, 0.15) is 16.6 Å². The summed E-state index contributed by atoms with van der Waals surface area (Å²) >= 11 is 0. The van der Waals surface area contributed by atoms with E-state index in [1.165, 1.54) is 0 Å². The van der Waals surface area contributed by atoms with Crippen molar-refractivity contribution in [2.24, 2.45) is 0 Å². The van der Waals surface area contributed by atoms with Gasteiger partial charge in [0.25, 0.3) is 5.91 Å². The molecule has 0 radical (unpaired) electrons. The smallest absolute Gasteiger partial charge is 0.394 e. The lowest BCUT2D eigenvalue weighted by Gasteiger charge is -2.22. The van der Waals surface area contributed by atoms with Gasteiger partial charge in [0.05, 0.1) is 12.9 Å². The Labute approximate surface area is 172 Å². The van der Waals surface area contributed by atoms with Gasteiger partial charge in [-0.15, -0.1) is 13.2 Å². The summed E-state index contributed by atoms with van der Waals surface area (Å²) in [5.74, 6) is -0.440. The van der Waals surface area contributed by atoms with Crippen LogP contribution in [0.5, 0.6) is 0 Å². The number of nitrogens with zero attached hydrogens (tertiary/aromatic N) is 4. The first kappa shape index (κ1) is 21.1. The number of anilines is 1. The fourth-order valence-corrected chi connectivity index (χ4v) is 3.27. The van der Waals surface area contributed by atoms with Gasteiger partial charge in [0.2, 0.25) is 0 Å². The van der Waals surface area contributed by atoms with Crippen molar-refractivity contribution in [2.75, 3.05) is 11.9 Å². The molecular formula is C18H16F3N5O5. The van der Waals surface area contributed by atoms with Crippen LogP contribution in [0.2, 0.25) is 0 Å². The van der Waals surface area contributed by atoms with Crippen molar-refractivity contribution >= 4 is 22.9 Å². The number of aromatic nitrogens is 4. The number of alkyl halides is 3. The van der Waals surface area contributed by atoms with E-state index < -0.39 is 43.4 Å². The lowest BCUT2D eigenvalue weighted by molar-refractivity contribution is -0.355. The SMILES string of the molecule is O=C(Nc1ncnc2c1ncn2[C@@H]1O[C@H](CO)[C@H](O)C1OC(F)(F)F)c1ccccc1. The van der Waals surface area contributed by atoms with E-state index in [0.717, 1.165) is 17.2 Å². The van der Waals surface area contributed by atoms with Gasteiger partial charge in [-0.05, 0) is 12.1 Å². The molecule has 0 saturated carbocycles. The minimum atomic E-state index is -5.06. The van der Waals surface area contributed by atoms with Crippen LogP contribution in [0.4, 0.5) is 19.0 Å². The first-order valence-electron chi connectivity index (χ1n) is 9.01. The number of nitrogens with one attached hydrogen (secondary N) is 1. The zero-order valence-electron chi connectivity index (χ0n) is 15.6. The number of hydrogen-bond acceptors (Lipinski definition) is 8. The highest BCUT2D eigenvalue weighted by Gasteiger charge is 2.50. The Kier molecular flexibility index (Phi) is 5.58. The van der Waals surface area contributed by atoms with E-state index in [1.807, 2.05) is 0 Å². The van der Waals surface area contributed by atoms with Gasteiger partial charge in [-0.25, -0.2) is 15.0 Å². The standard InChI is InChI=1S/C18H16F3N5O5/c19-18(20,21)31-13-12(28)10(6-27)30-17(13)26-8-24-11-14(22-7-23-15(11)26)25-16(29)9-4-2-1-3-5-9/h1-5,7-8,10,12-13,17,27-28H,6H2,(H,22,23,25,29)/t10-,12+,13?,17-/m1/s1. The summed E-state index contributed by atoms with van der Waals surface area (Å²) in [5, 5.41) is 22.0. The van der Waals surface area contributed by atoms with Crippen LogP contribution in [0.25, 0.3) is 11.2 Å². The highest BCUT2D eigenvalue weighted by Crippen LogP contribution is 2.37. The highest BCUT2D eigenvalue weighted by atomic mass is 19.4. The largest absolute Gasteiger partial charge is 0.523 e. The average Bonchev–Trinajstić information content (AvgIpc) is 3.30. The number of benzene rings is 1. The van der Waals surface area contributed by atoms with Crippen molar-refractivity contribution in [3.63, 3.8) is 0 Å². The molecule has 1 aromatic carbocycles. The van der Waals surface area contributed by atoms with Gasteiger partial charge in [0.15, 0.2) is 23.2 Å². The lowest BCUT2D eigenvalue weighted by Crippen LogP contribution is -2.39. The number of halogens is 3.